The van der Waals surface area contributed by atoms with Gasteiger partial charge >= 0.3 is 0 Å². The molecule has 1 fully saturated rings. The first kappa shape index (κ1) is 18.9. The van der Waals surface area contributed by atoms with Gasteiger partial charge in [0.2, 0.25) is 0 Å². The van der Waals surface area contributed by atoms with Crippen molar-refractivity contribution in [1.29, 1.82) is 0 Å². The molecular weight excluding hydrogens is 262 g/mol. The minimum absolute atomic E-state index is 0.0865. The molecule has 0 aromatic carbocycles. The van der Waals surface area contributed by atoms with Crippen LogP contribution in [-0.4, -0.2) is 66.8 Å². The van der Waals surface area contributed by atoms with Crippen molar-refractivity contribution in [2.75, 3.05) is 40.3 Å². The van der Waals surface area contributed by atoms with Crippen LogP contribution in [-0.2, 0) is 4.74 Å². The summed E-state index contributed by atoms with van der Waals surface area (Å²) >= 11 is 0. The van der Waals surface area contributed by atoms with E-state index < -0.39 is 0 Å². The van der Waals surface area contributed by atoms with Crippen molar-refractivity contribution in [3.05, 3.63) is 0 Å². The second kappa shape index (κ2) is 6.53. The number of hydrogen-bond acceptors (Lipinski definition) is 4. The van der Waals surface area contributed by atoms with Crippen LogP contribution in [0.15, 0.2) is 0 Å². The van der Waals surface area contributed by atoms with Gasteiger partial charge in [0.15, 0.2) is 0 Å². The lowest BCUT2D eigenvalue weighted by Crippen LogP contribution is -2.65. The van der Waals surface area contributed by atoms with E-state index in [1.54, 1.807) is 0 Å². The molecule has 2 N–H and O–H groups in total. The molecule has 0 bridgehead atoms. The zero-order valence-electron chi connectivity index (χ0n) is 15.5. The number of nitrogens with zero attached hydrogens (tertiary/aromatic N) is 2. The number of ether oxygens (including phenoxy) is 1. The fraction of sp³-hybridized carbons (Fsp3) is 1.00. The Bertz CT molecular complexity index is 339. The molecule has 1 aliphatic rings. The van der Waals surface area contributed by atoms with E-state index in [1.807, 2.05) is 0 Å². The number of nitrogens with two attached hydrogens (primary N) is 1. The molecule has 1 unspecified atom stereocenters. The second-order valence-electron chi connectivity index (χ2n) is 8.43. The lowest BCUT2D eigenvalue weighted by molar-refractivity contribution is -0.106. The minimum atomic E-state index is -0.230. The average Bonchev–Trinajstić information content (AvgIpc) is 2.48. The predicted molar refractivity (Wildman–Crippen MR) is 90.6 cm³/mol. The molecule has 1 aliphatic heterocycles. The van der Waals surface area contributed by atoms with Crippen molar-refractivity contribution in [2.45, 2.75) is 64.7 Å². The van der Waals surface area contributed by atoms with Gasteiger partial charge in [-0.15, -0.1) is 0 Å². The van der Waals surface area contributed by atoms with Crippen LogP contribution in [0.2, 0.25) is 0 Å². The standard InChI is InChI=1S/C17H37N3O/c1-14(2)11-20(10-9-19(7)8)17(13-18)12-15(3,4)21-16(17,5)6/h14H,9-13,18H2,1-8H3. The van der Waals surface area contributed by atoms with Crippen LogP contribution < -0.4 is 5.73 Å². The van der Waals surface area contributed by atoms with Crippen molar-refractivity contribution in [1.82, 2.24) is 9.80 Å². The molecule has 1 heterocycles. The van der Waals surface area contributed by atoms with Crippen LogP contribution in [0.4, 0.5) is 0 Å². The lowest BCUT2D eigenvalue weighted by atomic mass is 9.77. The largest absolute Gasteiger partial charge is 0.368 e. The Labute approximate surface area is 132 Å². The van der Waals surface area contributed by atoms with Crippen LogP contribution in [0.25, 0.3) is 0 Å². The average molecular weight is 300 g/mol. The maximum atomic E-state index is 6.38. The Morgan fingerprint density at radius 2 is 1.67 bits per heavy atom. The summed E-state index contributed by atoms with van der Waals surface area (Å²) in [6.45, 7) is 17.1. The van der Waals surface area contributed by atoms with E-state index in [2.05, 4.69) is 65.4 Å². The molecule has 21 heavy (non-hydrogen) atoms. The molecule has 0 spiro atoms. The molecule has 1 atom stereocenters. The van der Waals surface area contributed by atoms with Crippen LogP contribution in [0, 0.1) is 5.92 Å². The van der Waals surface area contributed by atoms with Crippen LogP contribution in [0.3, 0.4) is 0 Å². The first-order chi connectivity index (χ1) is 9.46. The van der Waals surface area contributed by atoms with Gasteiger partial charge in [0.05, 0.1) is 16.7 Å². The molecule has 0 saturated carbocycles. The second-order valence-corrected chi connectivity index (χ2v) is 8.43. The molecule has 0 amide bonds. The summed E-state index contributed by atoms with van der Waals surface area (Å²) in [5, 5.41) is 0. The summed E-state index contributed by atoms with van der Waals surface area (Å²) in [5.41, 5.74) is 5.88. The third-order valence-corrected chi connectivity index (χ3v) is 4.72. The maximum Gasteiger partial charge on any atom is 0.0830 e. The highest BCUT2D eigenvalue weighted by Gasteiger charge is 2.59. The van der Waals surface area contributed by atoms with Crippen molar-refractivity contribution >= 4 is 0 Å². The van der Waals surface area contributed by atoms with E-state index in [0.29, 0.717) is 12.5 Å². The predicted octanol–water partition coefficient (Wildman–Crippen LogP) is 2.18. The Morgan fingerprint density at radius 3 is 2.00 bits per heavy atom. The van der Waals surface area contributed by atoms with Gasteiger partial charge in [-0.3, -0.25) is 4.90 Å². The fourth-order valence-electron chi connectivity index (χ4n) is 3.92. The Hall–Kier alpha value is -0.160. The smallest absolute Gasteiger partial charge is 0.0830 e. The highest BCUT2D eigenvalue weighted by atomic mass is 16.5. The van der Waals surface area contributed by atoms with Crippen molar-refractivity contribution in [3.63, 3.8) is 0 Å². The normalized spacial score (nSPS) is 28.0. The van der Waals surface area contributed by atoms with Crippen molar-refractivity contribution in [2.24, 2.45) is 11.7 Å². The summed E-state index contributed by atoms with van der Waals surface area (Å²) in [5.74, 6) is 0.620. The first-order valence-corrected chi connectivity index (χ1v) is 8.26. The third kappa shape index (κ3) is 4.19. The molecule has 0 aromatic heterocycles. The summed E-state index contributed by atoms with van der Waals surface area (Å²) in [7, 11) is 4.26. The molecule has 4 nitrogen and oxygen atoms in total. The monoisotopic (exact) mass is 299 g/mol. The molecule has 0 aliphatic carbocycles. The van der Waals surface area contributed by atoms with Crippen LogP contribution in [0.5, 0.6) is 0 Å². The molecular formula is C17H37N3O. The number of hydrogen-bond donors (Lipinski definition) is 1. The van der Waals surface area contributed by atoms with Gasteiger partial charge < -0.3 is 15.4 Å². The zero-order chi connectivity index (χ0) is 16.5. The molecule has 0 radical (unpaired) electrons. The number of likely N-dealkylation sites (N-methyl/N-ethyl adjacent to an activating group) is 1. The van der Waals surface area contributed by atoms with Gasteiger partial charge in [0, 0.05) is 26.2 Å². The molecule has 0 aromatic rings. The third-order valence-electron chi connectivity index (χ3n) is 4.72. The van der Waals surface area contributed by atoms with E-state index in [9.17, 15) is 0 Å². The van der Waals surface area contributed by atoms with Gasteiger partial charge in [0.1, 0.15) is 0 Å². The van der Waals surface area contributed by atoms with Crippen LogP contribution in [0.1, 0.15) is 48.0 Å². The Balaban J connectivity index is 3.09. The summed E-state index contributed by atoms with van der Waals surface area (Å²) in [6, 6.07) is 0. The molecule has 4 heteroatoms. The van der Waals surface area contributed by atoms with Gasteiger partial charge in [-0.05, 0) is 54.1 Å². The quantitative estimate of drug-likeness (QED) is 0.782. The number of rotatable bonds is 7. The Kier molecular flexibility index (Phi) is 5.87. The maximum absolute atomic E-state index is 6.38. The van der Waals surface area contributed by atoms with Crippen molar-refractivity contribution in [3.8, 4) is 0 Å². The minimum Gasteiger partial charge on any atom is -0.368 e. The molecule has 1 rings (SSSR count). The zero-order valence-corrected chi connectivity index (χ0v) is 15.5. The van der Waals surface area contributed by atoms with Gasteiger partial charge in [0.25, 0.3) is 0 Å². The van der Waals surface area contributed by atoms with Gasteiger partial charge in [-0.25, -0.2) is 0 Å². The van der Waals surface area contributed by atoms with E-state index in [-0.39, 0.29) is 16.7 Å². The van der Waals surface area contributed by atoms with E-state index in [0.717, 1.165) is 26.1 Å². The molecule has 1 saturated heterocycles. The summed E-state index contributed by atoms with van der Waals surface area (Å²) < 4.78 is 6.38. The topological polar surface area (TPSA) is 41.7 Å². The summed E-state index contributed by atoms with van der Waals surface area (Å²) in [6.07, 6.45) is 0.990. The van der Waals surface area contributed by atoms with E-state index in [4.69, 9.17) is 10.5 Å². The SMILES string of the molecule is CC(C)CN(CCN(C)C)C1(CN)CC(C)(C)OC1(C)C. The lowest BCUT2D eigenvalue weighted by Gasteiger charge is -2.48. The highest BCUT2D eigenvalue weighted by Crippen LogP contribution is 2.48. The molecule has 126 valence electrons. The summed E-state index contributed by atoms with van der Waals surface area (Å²) in [4.78, 5) is 4.83. The van der Waals surface area contributed by atoms with Crippen molar-refractivity contribution < 1.29 is 4.74 Å². The van der Waals surface area contributed by atoms with Crippen LogP contribution >= 0.6 is 0 Å². The fourth-order valence-corrected chi connectivity index (χ4v) is 3.92. The first-order valence-electron chi connectivity index (χ1n) is 8.26. The van der Waals surface area contributed by atoms with Gasteiger partial charge in [-0.2, -0.15) is 0 Å². The Morgan fingerprint density at radius 1 is 1.10 bits per heavy atom. The highest BCUT2D eigenvalue weighted by molar-refractivity contribution is 5.13. The van der Waals surface area contributed by atoms with E-state index in [1.165, 1.54) is 0 Å². The van der Waals surface area contributed by atoms with E-state index >= 15 is 0 Å². The van der Waals surface area contributed by atoms with Gasteiger partial charge in [-0.1, -0.05) is 13.8 Å².